The van der Waals surface area contributed by atoms with Crippen LogP contribution in [0.3, 0.4) is 0 Å². The number of methoxy groups -OCH3 is 1. The van der Waals surface area contributed by atoms with Crippen LogP contribution in [0.1, 0.15) is 5.69 Å². The van der Waals surface area contributed by atoms with Crippen molar-refractivity contribution in [2.75, 3.05) is 40.0 Å². The first kappa shape index (κ1) is 21.0. The number of halogens is 1. The fourth-order valence-electron chi connectivity index (χ4n) is 4.37. The van der Waals surface area contributed by atoms with E-state index in [1.165, 1.54) is 11.3 Å². The lowest BCUT2D eigenvalue weighted by Crippen LogP contribution is -2.37. The van der Waals surface area contributed by atoms with Crippen molar-refractivity contribution < 1.29 is 9.47 Å². The number of rotatable bonds is 6. The molecule has 2 aromatic heterocycles. The molecule has 1 N–H and O–H groups in total. The molecule has 4 aromatic rings. The number of pyridine rings is 1. The zero-order valence-corrected chi connectivity index (χ0v) is 18.9. The molecular formula is C26H26ClN3O2. The van der Waals surface area contributed by atoms with Crippen molar-refractivity contribution in [1.29, 1.82) is 0 Å². The number of nitrogens with one attached hydrogen (secondary N) is 1. The average molecular weight is 448 g/mol. The first-order chi connectivity index (χ1) is 15.7. The van der Waals surface area contributed by atoms with Crippen molar-refractivity contribution in [2.24, 2.45) is 0 Å². The molecule has 0 unspecified atom stereocenters. The summed E-state index contributed by atoms with van der Waals surface area (Å²) in [5.74, 6) is 0.834. The fraction of sp³-hybridized carbons (Fsp3) is 0.269. The van der Waals surface area contributed by atoms with Crippen LogP contribution in [0.5, 0.6) is 5.75 Å². The van der Waals surface area contributed by atoms with Crippen LogP contribution in [-0.2, 0) is 11.2 Å². The number of H-pyrrole nitrogens is 1. The number of fused-ring (bicyclic) bond motifs is 1. The van der Waals surface area contributed by atoms with Crippen LogP contribution < -0.4 is 4.74 Å². The summed E-state index contributed by atoms with van der Waals surface area (Å²) in [6.07, 6.45) is 4.77. The molecule has 1 aliphatic rings. The summed E-state index contributed by atoms with van der Waals surface area (Å²) in [5.41, 5.74) is 6.69. The minimum Gasteiger partial charge on any atom is -0.497 e. The Hall–Kier alpha value is -2.86. The summed E-state index contributed by atoms with van der Waals surface area (Å²) in [7, 11) is 1.69. The van der Waals surface area contributed by atoms with Crippen molar-refractivity contribution in [3.8, 4) is 28.0 Å². The Morgan fingerprint density at radius 3 is 2.72 bits per heavy atom. The van der Waals surface area contributed by atoms with Gasteiger partial charge in [0.05, 0.1) is 20.3 Å². The van der Waals surface area contributed by atoms with Gasteiger partial charge in [0.25, 0.3) is 0 Å². The average Bonchev–Trinajstić information content (AvgIpc) is 3.21. The maximum atomic E-state index is 6.29. The Morgan fingerprint density at radius 1 is 1.03 bits per heavy atom. The van der Waals surface area contributed by atoms with Gasteiger partial charge < -0.3 is 14.5 Å². The van der Waals surface area contributed by atoms with Crippen LogP contribution in [0, 0.1) is 0 Å². The molecule has 164 valence electrons. The minimum absolute atomic E-state index is 0.730. The Kier molecular flexibility index (Phi) is 6.12. The van der Waals surface area contributed by atoms with E-state index < -0.39 is 0 Å². The quantitative estimate of drug-likeness (QED) is 0.428. The van der Waals surface area contributed by atoms with Gasteiger partial charge in [-0.3, -0.25) is 9.88 Å². The van der Waals surface area contributed by atoms with Gasteiger partial charge in [0.1, 0.15) is 5.75 Å². The van der Waals surface area contributed by atoms with Crippen molar-refractivity contribution >= 4 is 22.5 Å². The molecule has 0 aliphatic carbocycles. The van der Waals surface area contributed by atoms with Gasteiger partial charge in [-0.05, 0) is 35.9 Å². The number of aromatic amines is 1. The second-order valence-corrected chi connectivity index (χ2v) is 8.50. The van der Waals surface area contributed by atoms with E-state index in [-0.39, 0.29) is 0 Å². The Morgan fingerprint density at radius 2 is 1.88 bits per heavy atom. The van der Waals surface area contributed by atoms with Gasteiger partial charge in [0.2, 0.25) is 0 Å². The molecule has 0 atom stereocenters. The predicted molar refractivity (Wildman–Crippen MR) is 129 cm³/mol. The van der Waals surface area contributed by atoms with Gasteiger partial charge in [-0.25, -0.2) is 0 Å². The van der Waals surface area contributed by atoms with Gasteiger partial charge >= 0.3 is 0 Å². The maximum Gasteiger partial charge on any atom is 0.119 e. The highest BCUT2D eigenvalue weighted by Gasteiger charge is 2.17. The van der Waals surface area contributed by atoms with Gasteiger partial charge in [0, 0.05) is 76.8 Å². The van der Waals surface area contributed by atoms with Gasteiger partial charge in [-0.15, -0.1) is 0 Å². The Labute approximate surface area is 192 Å². The second kappa shape index (κ2) is 9.33. The summed E-state index contributed by atoms with van der Waals surface area (Å²) in [6.45, 7) is 4.56. The van der Waals surface area contributed by atoms with Crippen LogP contribution >= 0.6 is 11.6 Å². The molecular weight excluding hydrogens is 422 g/mol. The molecule has 0 saturated carbocycles. The molecule has 5 nitrogen and oxygen atoms in total. The highest BCUT2D eigenvalue weighted by atomic mass is 35.5. The fourth-order valence-corrected chi connectivity index (χ4v) is 4.55. The van der Waals surface area contributed by atoms with Gasteiger partial charge in [-0.1, -0.05) is 29.8 Å². The molecule has 0 radical (unpaired) electrons. The zero-order chi connectivity index (χ0) is 21.9. The highest BCUT2D eigenvalue weighted by Crippen LogP contribution is 2.36. The van der Waals surface area contributed by atoms with Crippen molar-refractivity contribution in [3.05, 3.63) is 71.6 Å². The third-order valence-corrected chi connectivity index (χ3v) is 6.29. The van der Waals surface area contributed by atoms with E-state index in [2.05, 4.69) is 33.1 Å². The minimum atomic E-state index is 0.730. The van der Waals surface area contributed by atoms with E-state index in [1.807, 2.05) is 42.7 Å². The normalized spacial score (nSPS) is 14.7. The van der Waals surface area contributed by atoms with Crippen LogP contribution in [0.15, 0.2) is 60.9 Å². The zero-order valence-electron chi connectivity index (χ0n) is 18.1. The van der Waals surface area contributed by atoms with E-state index in [0.717, 1.165) is 77.6 Å². The third kappa shape index (κ3) is 4.37. The summed E-state index contributed by atoms with van der Waals surface area (Å²) in [4.78, 5) is 10.7. The number of hydrogen-bond acceptors (Lipinski definition) is 4. The van der Waals surface area contributed by atoms with Gasteiger partial charge in [0.15, 0.2) is 0 Å². The SMILES string of the molecule is COc1cccc(-c2cncc(-c3c(CCN4CCOCC4)[nH]c4cc(Cl)ccc34)c2)c1. The summed E-state index contributed by atoms with van der Waals surface area (Å²) >= 11 is 6.29. The summed E-state index contributed by atoms with van der Waals surface area (Å²) in [5, 5.41) is 1.89. The smallest absolute Gasteiger partial charge is 0.119 e. The Balaban J connectivity index is 1.54. The number of nitrogens with zero attached hydrogens (tertiary/aromatic N) is 2. The van der Waals surface area contributed by atoms with Gasteiger partial charge in [-0.2, -0.15) is 0 Å². The first-order valence-corrected chi connectivity index (χ1v) is 11.3. The van der Waals surface area contributed by atoms with E-state index in [1.54, 1.807) is 7.11 Å². The van der Waals surface area contributed by atoms with Crippen LogP contribution in [0.2, 0.25) is 5.02 Å². The van der Waals surface area contributed by atoms with E-state index in [9.17, 15) is 0 Å². The standard InChI is InChI=1S/C26H26ClN3O2/c1-31-22-4-2-3-18(14-22)19-13-20(17-28-16-19)26-23-6-5-21(27)15-25(23)29-24(26)7-8-30-9-11-32-12-10-30/h2-6,13-17,29H,7-12H2,1H3. The second-order valence-electron chi connectivity index (χ2n) is 8.07. The molecule has 0 spiro atoms. The molecule has 32 heavy (non-hydrogen) atoms. The number of hydrogen-bond donors (Lipinski definition) is 1. The molecule has 5 rings (SSSR count). The predicted octanol–water partition coefficient (Wildman–Crippen LogP) is 5.43. The summed E-state index contributed by atoms with van der Waals surface area (Å²) in [6, 6.07) is 16.3. The molecule has 0 bridgehead atoms. The van der Waals surface area contributed by atoms with E-state index in [0.29, 0.717) is 0 Å². The molecule has 0 amide bonds. The number of benzene rings is 2. The maximum absolute atomic E-state index is 6.29. The number of ether oxygens (including phenoxy) is 2. The monoisotopic (exact) mass is 447 g/mol. The van der Waals surface area contributed by atoms with E-state index >= 15 is 0 Å². The Bertz CT molecular complexity index is 1230. The topological polar surface area (TPSA) is 50.4 Å². The summed E-state index contributed by atoms with van der Waals surface area (Å²) < 4.78 is 10.9. The number of aromatic nitrogens is 2. The van der Waals surface area contributed by atoms with Crippen molar-refractivity contribution in [2.45, 2.75) is 6.42 Å². The molecule has 1 fully saturated rings. The lowest BCUT2D eigenvalue weighted by Gasteiger charge is -2.26. The van der Waals surface area contributed by atoms with Crippen LogP contribution in [0.4, 0.5) is 0 Å². The molecule has 1 aliphatic heterocycles. The molecule has 2 aromatic carbocycles. The lowest BCUT2D eigenvalue weighted by atomic mass is 9.98. The lowest BCUT2D eigenvalue weighted by molar-refractivity contribution is 0.0384. The molecule has 1 saturated heterocycles. The van der Waals surface area contributed by atoms with Crippen LogP contribution in [-0.4, -0.2) is 54.8 Å². The van der Waals surface area contributed by atoms with Crippen molar-refractivity contribution in [1.82, 2.24) is 14.9 Å². The third-order valence-electron chi connectivity index (χ3n) is 6.05. The highest BCUT2D eigenvalue weighted by molar-refractivity contribution is 6.31. The molecule has 3 heterocycles. The number of morpholine rings is 1. The largest absolute Gasteiger partial charge is 0.497 e. The van der Waals surface area contributed by atoms with Crippen molar-refractivity contribution in [3.63, 3.8) is 0 Å². The van der Waals surface area contributed by atoms with E-state index in [4.69, 9.17) is 21.1 Å². The first-order valence-electron chi connectivity index (χ1n) is 10.9. The van der Waals surface area contributed by atoms with Crippen LogP contribution in [0.25, 0.3) is 33.2 Å². The molecule has 6 heteroatoms.